The number of aromatic amines is 1. The average molecular weight is 386 g/mol. The molecule has 1 aliphatic heterocycles. The van der Waals surface area contributed by atoms with Crippen LogP contribution in [0.3, 0.4) is 0 Å². The SMILES string of the molecule is COc1cccc(C[C@@]2(C(=O)O)CN(C(=O)c3ccc[nH]c3=O)CC[C@@H]2O)c1. The van der Waals surface area contributed by atoms with E-state index in [4.69, 9.17) is 4.74 Å². The van der Waals surface area contributed by atoms with Crippen molar-refractivity contribution in [3.8, 4) is 5.75 Å². The monoisotopic (exact) mass is 386 g/mol. The van der Waals surface area contributed by atoms with Crippen LogP contribution in [0.25, 0.3) is 0 Å². The van der Waals surface area contributed by atoms with E-state index in [1.165, 1.54) is 30.3 Å². The van der Waals surface area contributed by atoms with E-state index in [-0.39, 0.29) is 31.5 Å². The Morgan fingerprint density at radius 2 is 2.11 bits per heavy atom. The number of amides is 1. The molecule has 2 aromatic rings. The third kappa shape index (κ3) is 3.63. The summed E-state index contributed by atoms with van der Waals surface area (Å²) in [6.45, 7) is -0.0324. The minimum atomic E-state index is -1.58. The number of benzene rings is 1. The second kappa shape index (κ2) is 7.85. The minimum Gasteiger partial charge on any atom is -0.497 e. The quantitative estimate of drug-likeness (QED) is 0.702. The number of carbonyl (C=O) groups is 2. The second-order valence-corrected chi connectivity index (χ2v) is 6.93. The number of aliphatic hydroxyl groups excluding tert-OH is 1. The van der Waals surface area contributed by atoms with E-state index in [0.717, 1.165) is 0 Å². The highest BCUT2D eigenvalue weighted by molar-refractivity contribution is 5.94. The van der Waals surface area contributed by atoms with Crippen molar-refractivity contribution >= 4 is 11.9 Å². The van der Waals surface area contributed by atoms with Crippen molar-refractivity contribution in [2.75, 3.05) is 20.2 Å². The van der Waals surface area contributed by atoms with Crippen LogP contribution in [-0.2, 0) is 11.2 Å². The Kier molecular flexibility index (Phi) is 5.51. The molecule has 0 radical (unpaired) electrons. The van der Waals surface area contributed by atoms with Gasteiger partial charge in [0, 0.05) is 19.3 Å². The van der Waals surface area contributed by atoms with Crippen LogP contribution < -0.4 is 10.3 Å². The van der Waals surface area contributed by atoms with Gasteiger partial charge in [-0.15, -0.1) is 0 Å². The van der Waals surface area contributed by atoms with Crippen molar-refractivity contribution < 1.29 is 24.5 Å². The summed E-state index contributed by atoms with van der Waals surface area (Å²) in [5.41, 5.74) is -1.50. The molecule has 0 spiro atoms. The van der Waals surface area contributed by atoms with E-state index in [0.29, 0.717) is 11.3 Å². The van der Waals surface area contributed by atoms with Gasteiger partial charge in [-0.3, -0.25) is 14.4 Å². The van der Waals surface area contributed by atoms with Crippen LogP contribution in [-0.4, -0.2) is 58.3 Å². The molecule has 2 heterocycles. The lowest BCUT2D eigenvalue weighted by molar-refractivity contribution is -0.161. The van der Waals surface area contributed by atoms with Gasteiger partial charge in [-0.05, 0) is 42.7 Å². The molecule has 8 heteroatoms. The predicted octanol–water partition coefficient (Wildman–Crippen LogP) is 0.904. The maximum absolute atomic E-state index is 12.8. The fraction of sp³-hybridized carbons (Fsp3) is 0.350. The Morgan fingerprint density at radius 1 is 1.32 bits per heavy atom. The van der Waals surface area contributed by atoms with Crippen LogP contribution in [0.2, 0.25) is 0 Å². The van der Waals surface area contributed by atoms with Crippen LogP contribution in [0.1, 0.15) is 22.3 Å². The first kappa shape index (κ1) is 19.6. The normalized spacial score (nSPS) is 21.9. The molecule has 1 aromatic carbocycles. The topological polar surface area (TPSA) is 120 Å². The number of pyridine rings is 1. The summed E-state index contributed by atoms with van der Waals surface area (Å²) in [6, 6.07) is 9.88. The lowest BCUT2D eigenvalue weighted by Gasteiger charge is -2.43. The number of ether oxygens (including phenoxy) is 1. The number of nitrogens with one attached hydrogen (secondary N) is 1. The number of nitrogens with zero attached hydrogens (tertiary/aromatic N) is 1. The van der Waals surface area contributed by atoms with Gasteiger partial charge in [-0.2, -0.15) is 0 Å². The standard InChI is InChI=1S/C20H22N2O6/c1-28-14-5-2-4-13(10-14)11-20(19(26)27)12-22(9-7-16(20)23)18(25)15-6-3-8-21-17(15)24/h2-6,8,10,16,23H,7,9,11-12H2,1H3,(H,21,24)(H,26,27)/t16-,20+/m0/s1. The molecule has 1 aromatic heterocycles. The van der Waals surface area contributed by atoms with Gasteiger partial charge in [-0.25, -0.2) is 0 Å². The molecule has 8 nitrogen and oxygen atoms in total. The van der Waals surface area contributed by atoms with Crippen molar-refractivity contribution in [1.82, 2.24) is 9.88 Å². The lowest BCUT2D eigenvalue weighted by Crippen LogP contribution is -2.58. The first-order valence-corrected chi connectivity index (χ1v) is 8.89. The number of hydrogen-bond acceptors (Lipinski definition) is 5. The zero-order chi connectivity index (χ0) is 20.3. The predicted molar refractivity (Wildman–Crippen MR) is 100 cm³/mol. The number of aromatic nitrogens is 1. The molecule has 3 rings (SSSR count). The van der Waals surface area contributed by atoms with Crippen LogP contribution in [0.15, 0.2) is 47.4 Å². The first-order valence-electron chi connectivity index (χ1n) is 8.89. The van der Waals surface area contributed by atoms with Crippen LogP contribution >= 0.6 is 0 Å². The summed E-state index contributed by atoms with van der Waals surface area (Å²) in [5.74, 6) is -1.17. The van der Waals surface area contributed by atoms with Crippen molar-refractivity contribution in [1.29, 1.82) is 0 Å². The van der Waals surface area contributed by atoms with Gasteiger partial charge in [0.15, 0.2) is 0 Å². The number of likely N-dealkylation sites (tertiary alicyclic amines) is 1. The summed E-state index contributed by atoms with van der Waals surface area (Å²) in [6.07, 6.45) is 0.417. The molecule has 148 valence electrons. The average Bonchev–Trinajstić information content (AvgIpc) is 2.69. The summed E-state index contributed by atoms with van der Waals surface area (Å²) in [5, 5.41) is 20.6. The lowest BCUT2D eigenvalue weighted by atomic mass is 9.72. The molecule has 3 N–H and O–H groups in total. The summed E-state index contributed by atoms with van der Waals surface area (Å²) < 4.78 is 5.18. The van der Waals surface area contributed by atoms with Crippen molar-refractivity contribution in [2.24, 2.45) is 5.41 Å². The largest absolute Gasteiger partial charge is 0.497 e. The molecule has 1 saturated heterocycles. The fourth-order valence-electron chi connectivity index (χ4n) is 3.62. The Morgan fingerprint density at radius 3 is 2.79 bits per heavy atom. The van der Waals surface area contributed by atoms with Crippen molar-refractivity contribution in [3.05, 3.63) is 64.1 Å². The molecule has 1 aliphatic rings. The Bertz CT molecular complexity index is 940. The molecule has 1 fully saturated rings. The van der Waals surface area contributed by atoms with Crippen LogP contribution in [0, 0.1) is 5.41 Å². The zero-order valence-corrected chi connectivity index (χ0v) is 15.4. The van der Waals surface area contributed by atoms with E-state index in [1.807, 2.05) is 0 Å². The van der Waals surface area contributed by atoms with Gasteiger partial charge in [-0.1, -0.05) is 12.1 Å². The summed E-state index contributed by atoms with van der Waals surface area (Å²) >= 11 is 0. The van der Waals surface area contributed by atoms with E-state index in [9.17, 15) is 24.6 Å². The molecule has 28 heavy (non-hydrogen) atoms. The molecule has 0 bridgehead atoms. The molecule has 2 atom stereocenters. The van der Waals surface area contributed by atoms with Crippen LogP contribution in [0.5, 0.6) is 5.75 Å². The van der Waals surface area contributed by atoms with Gasteiger partial charge >= 0.3 is 5.97 Å². The number of rotatable bonds is 5. The minimum absolute atomic E-state index is 0.0234. The number of methoxy groups -OCH3 is 1. The number of aliphatic carboxylic acids is 1. The summed E-state index contributed by atoms with van der Waals surface area (Å²) in [4.78, 5) is 40.7. The second-order valence-electron chi connectivity index (χ2n) is 6.93. The van der Waals surface area contributed by atoms with E-state index < -0.39 is 29.0 Å². The molecule has 1 amide bonds. The van der Waals surface area contributed by atoms with E-state index >= 15 is 0 Å². The van der Waals surface area contributed by atoms with Gasteiger partial charge in [0.1, 0.15) is 16.7 Å². The van der Waals surface area contributed by atoms with Gasteiger partial charge in [0.2, 0.25) is 0 Å². The third-order valence-electron chi connectivity index (χ3n) is 5.20. The Labute approximate surface area is 161 Å². The smallest absolute Gasteiger partial charge is 0.314 e. The van der Waals surface area contributed by atoms with E-state index in [1.54, 1.807) is 24.3 Å². The summed E-state index contributed by atoms with van der Waals surface area (Å²) in [7, 11) is 1.51. The highest BCUT2D eigenvalue weighted by atomic mass is 16.5. The number of carboxylic acid groups (broad SMARTS) is 1. The number of piperidine rings is 1. The highest BCUT2D eigenvalue weighted by Gasteiger charge is 2.50. The van der Waals surface area contributed by atoms with Gasteiger partial charge < -0.3 is 24.8 Å². The number of H-pyrrole nitrogens is 1. The van der Waals surface area contributed by atoms with Crippen molar-refractivity contribution in [3.63, 3.8) is 0 Å². The first-order chi connectivity index (χ1) is 13.4. The molecule has 0 saturated carbocycles. The Hall–Kier alpha value is -3.13. The number of aliphatic hydroxyl groups is 1. The zero-order valence-electron chi connectivity index (χ0n) is 15.4. The maximum Gasteiger partial charge on any atom is 0.314 e. The molecular formula is C20H22N2O6. The molecule has 0 unspecified atom stereocenters. The molecular weight excluding hydrogens is 364 g/mol. The number of carboxylic acids is 1. The molecule has 0 aliphatic carbocycles. The highest BCUT2D eigenvalue weighted by Crippen LogP contribution is 2.35. The Balaban J connectivity index is 1.93. The van der Waals surface area contributed by atoms with Crippen molar-refractivity contribution in [2.45, 2.75) is 18.9 Å². The van der Waals surface area contributed by atoms with Gasteiger partial charge in [0.25, 0.3) is 11.5 Å². The van der Waals surface area contributed by atoms with Crippen LogP contribution in [0.4, 0.5) is 0 Å². The fourth-order valence-corrected chi connectivity index (χ4v) is 3.62. The number of hydrogen-bond donors (Lipinski definition) is 3. The maximum atomic E-state index is 12.8. The van der Waals surface area contributed by atoms with Gasteiger partial charge in [0.05, 0.1) is 13.2 Å². The van der Waals surface area contributed by atoms with E-state index in [2.05, 4.69) is 4.98 Å². The third-order valence-corrected chi connectivity index (χ3v) is 5.20. The number of carbonyl (C=O) groups excluding carboxylic acids is 1.